The van der Waals surface area contributed by atoms with Gasteiger partial charge in [-0.25, -0.2) is 9.97 Å². The van der Waals surface area contributed by atoms with E-state index in [2.05, 4.69) is 45.1 Å². The molecule has 0 amide bonds. The number of benzene rings is 1. The van der Waals surface area contributed by atoms with Crippen molar-refractivity contribution in [2.45, 2.75) is 32.8 Å². The van der Waals surface area contributed by atoms with Crippen LogP contribution in [0.4, 0.5) is 5.82 Å². The van der Waals surface area contributed by atoms with Gasteiger partial charge in [0.2, 0.25) is 0 Å². The molecule has 0 saturated carbocycles. The number of methoxy groups -OCH3 is 1. The lowest BCUT2D eigenvalue weighted by atomic mass is 10.1. The maximum Gasteiger partial charge on any atom is 0.258 e. The van der Waals surface area contributed by atoms with E-state index in [-0.39, 0.29) is 6.10 Å². The van der Waals surface area contributed by atoms with Crippen molar-refractivity contribution >= 4 is 33.3 Å². The number of anilines is 1. The molecule has 0 radical (unpaired) electrons. The molecule has 0 aliphatic heterocycles. The molecule has 0 bridgehead atoms. The summed E-state index contributed by atoms with van der Waals surface area (Å²) in [5.74, 6) is 1.74. The Morgan fingerprint density at radius 2 is 1.96 bits per heavy atom. The summed E-state index contributed by atoms with van der Waals surface area (Å²) in [6.45, 7) is 4.17. The Morgan fingerprint density at radius 3 is 2.50 bits per heavy atom. The van der Waals surface area contributed by atoms with Crippen LogP contribution in [0, 0.1) is 0 Å². The van der Waals surface area contributed by atoms with E-state index in [0.717, 1.165) is 18.4 Å². The Balaban J connectivity index is 2.46. The van der Waals surface area contributed by atoms with Crippen molar-refractivity contribution < 1.29 is 9.47 Å². The van der Waals surface area contributed by atoms with Crippen molar-refractivity contribution in [3.8, 4) is 22.9 Å². The number of nitrogens with one attached hydrogen (secondary N) is 1. The van der Waals surface area contributed by atoms with Gasteiger partial charge in [0, 0.05) is 12.6 Å². The fourth-order valence-corrected chi connectivity index (χ4v) is 2.97. The van der Waals surface area contributed by atoms with Gasteiger partial charge in [0.25, 0.3) is 5.88 Å². The second-order valence-corrected chi connectivity index (χ2v) is 6.33. The molecule has 2 rings (SSSR count). The third kappa shape index (κ3) is 4.11. The van der Waals surface area contributed by atoms with Gasteiger partial charge in [-0.15, -0.1) is 0 Å². The van der Waals surface area contributed by atoms with E-state index in [9.17, 15) is 0 Å². The predicted molar refractivity (Wildman–Crippen MR) is 101 cm³/mol. The molecule has 0 aliphatic rings. The highest BCUT2D eigenvalue weighted by Gasteiger charge is 2.18. The van der Waals surface area contributed by atoms with Crippen molar-refractivity contribution in [2.75, 3.05) is 19.5 Å². The molecule has 1 aromatic heterocycles. The second-order valence-electron chi connectivity index (χ2n) is 5.17. The summed E-state index contributed by atoms with van der Waals surface area (Å²) in [6.07, 6.45) is 1.92. The third-order valence-electron chi connectivity index (χ3n) is 3.68. The Bertz CT molecular complexity index is 708. The minimum absolute atomic E-state index is 0.105. The SMILES string of the molecule is CCC(CC)Oc1nc(Br)c(-c2ccc(OC)cc2Cl)nc1NC. The Hall–Kier alpha value is -1.53. The van der Waals surface area contributed by atoms with Crippen LogP contribution in [0.15, 0.2) is 22.8 Å². The van der Waals surface area contributed by atoms with Gasteiger partial charge in [-0.3, -0.25) is 0 Å². The fourth-order valence-electron chi connectivity index (χ4n) is 2.25. The van der Waals surface area contributed by atoms with E-state index in [4.69, 9.17) is 21.1 Å². The van der Waals surface area contributed by atoms with Gasteiger partial charge in [-0.2, -0.15) is 0 Å². The molecule has 0 fully saturated rings. The van der Waals surface area contributed by atoms with Crippen LogP contribution in [0.1, 0.15) is 26.7 Å². The molecule has 130 valence electrons. The largest absolute Gasteiger partial charge is 0.497 e. The molecule has 1 heterocycles. The molecular weight excluding hydrogens is 394 g/mol. The molecule has 0 unspecified atom stereocenters. The number of halogens is 2. The molecule has 0 atom stereocenters. The van der Waals surface area contributed by atoms with Gasteiger partial charge in [0.1, 0.15) is 22.2 Å². The highest BCUT2D eigenvalue weighted by molar-refractivity contribution is 9.10. The summed E-state index contributed by atoms with van der Waals surface area (Å²) in [6, 6.07) is 5.44. The van der Waals surface area contributed by atoms with Gasteiger partial charge in [0.05, 0.1) is 12.1 Å². The zero-order valence-corrected chi connectivity index (χ0v) is 16.5. The van der Waals surface area contributed by atoms with E-state index >= 15 is 0 Å². The highest BCUT2D eigenvalue weighted by atomic mass is 79.9. The minimum atomic E-state index is 0.105. The lowest BCUT2D eigenvalue weighted by molar-refractivity contribution is 0.185. The first-order valence-corrected chi connectivity index (χ1v) is 8.96. The zero-order valence-electron chi connectivity index (χ0n) is 14.2. The molecule has 0 spiro atoms. The van der Waals surface area contributed by atoms with E-state index in [1.54, 1.807) is 20.2 Å². The topological polar surface area (TPSA) is 56.3 Å². The van der Waals surface area contributed by atoms with E-state index in [1.807, 2.05) is 12.1 Å². The van der Waals surface area contributed by atoms with Gasteiger partial charge in [0.15, 0.2) is 5.82 Å². The fraction of sp³-hybridized carbons (Fsp3) is 0.412. The molecule has 0 aliphatic carbocycles. The van der Waals surface area contributed by atoms with Crippen molar-refractivity contribution in [2.24, 2.45) is 0 Å². The number of aromatic nitrogens is 2. The lowest BCUT2D eigenvalue weighted by Gasteiger charge is -2.18. The predicted octanol–water partition coefficient (Wildman–Crippen LogP) is 5.18. The van der Waals surface area contributed by atoms with Crippen LogP contribution < -0.4 is 14.8 Å². The first-order valence-electron chi connectivity index (χ1n) is 7.79. The monoisotopic (exact) mass is 413 g/mol. The van der Waals surface area contributed by atoms with E-state index in [1.165, 1.54) is 0 Å². The van der Waals surface area contributed by atoms with Crippen LogP contribution in [-0.2, 0) is 0 Å². The second kappa shape index (κ2) is 8.53. The normalized spacial score (nSPS) is 10.8. The van der Waals surface area contributed by atoms with Gasteiger partial charge >= 0.3 is 0 Å². The van der Waals surface area contributed by atoms with E-state index in [0.29, 0.717) is 32.8 Å². The van der Waals surface area contributed by atoms with E-state index < -0.39 is 0 Å². The van der Waals surface area contributed by atoms with Crippen LogP contribution in [0.25, 0.3) is 11.3 Å². The van der Waals surface area contributed by atoms with Crippen LogP contribution in [0.5, 0.6) is 11.6 Å². The summed E-state index contributed by atoms with van der Waals surface area (Å²) >= 11 is 9.84. The average Bonchev–Trinajstić information content (AvgIpc) is 2.60. The molecule has 7 heteroatoms. The maximum atomic E-state index is 6.36. The van der Waals surface area contributed by atoms with Crippen molar-refractivity contribution in [3.63, 3.8) is 0 Å². The van der Waals surface area contributed by atoms with Gasteiger partial charge < -0.3 is 14.8 Å². The molecule has 2 aromatic rings. The highest BCUT2D eigenvalue weighted by Crippen LogP contribution is 2.36. The molecule has 24 heavy (non-hydrogen) atoms. The number of rotatable bonds is 7. The summed E-state index contributed by atoms with van der Waals surface area (Å²) in [5, 5.41) is 3.58. The quantitative estimate of drug-likeness (QED) is 0.676. The van der Waals surface area contributed by atoms with Crippen LogP contribution in [-0.4, -0.2) is 30.2 Å². The smallest absolute Gasteiger partial charge is 0.258 e. The maximum absolute atomic E-state index is 6.36. The minimum Gasteiger partial charge on any atom is -0.497 e. The summed E-state index contributed by atoms with van der Waals surface area (Å²) in [7, 11) is 3.39. The van der Waals surface area contributed by atoms with Crippen molar-refractivity contribution in [1.29, 1.82) is 0 Å². The first kappa shape index (κ1) is 18.8. The van der Waals surface area contributed by atoms with Crippen molar-refractivity contribution in [3.05, 3.63) is 27.8 Å². The Labute approximate surface area is 155 Å². The van der Waals surface area contributed by atoms with Crippen LogP contribution in [0.3, 0.4) is 0 Å². The molecule has 0 saturated heterocycles. The van der Waals surface area contributed by atoms with Crippen LogP contribution in [0.2, 0.25) is 5.02 Å². The number of nitrogens with zero attached hydrogens (tertiary/aromatic N) is 2. The van der Waals surface area contributed by atoms with Crippen LogP contribution >= 0.6 is 27.5 Å². The number of ether oxygens (including phenoxy) is 2. The van der Waals surface area contributed by atoms with Crippen molar-refractivity contribution in [1.82, 2.24) is 9.97 Å². The zero-order chi connectivity index (χ0) is 17.7. The average molecular weight is 415 g/mol. The summed E-state index contributed by atoms with van der Waals surface area (Å²) < 4.78 is 11.7. The number of hydrogen-bond acceptors (Lipinski definition) is 5. The van der Waals surface area contributed by atoms with Gasteiger partial charge in [-0.05, 0) is 47.0 Å². The Morgan fingerprint density at radius 1 is 1.25 bits per heavy atom. The number of hydrogen-bond donors (Lipinski definition) is 1. The molecule has 1 N–H and O–H groups in total. The summed E-state index contributed by atoms with van der Waals surface area (Å²) in [4.78, 5) is 9.15. The molecular formula is C17H21BrClN3O2. The Kier molecular flexibility index (Phi) is 6.69. The molecule has 1 aromatic carbocycles. The summed E-state index contributed by atoms with van der Waals surface area (Å²) in [5.41, 5.74) is 1.41. The standard InChI is InChI=1S/C17H21BrClN3O2/c1-5-10(6-2)24-17-16(20-3)21-14(15(18)22-17)12-8-7-11(23-4)9-13(12)19/h7-10H,5-6H2,1-4H3,(H,20,21). The third-order valence-corrected chi connectivity index (χ3v) is 4.54. The molecule has 5 nitrogen and oxygen atoms in total. The lowest BCUT2D eigenvalue weighted by Crippen LogP contribution is -2.16. The van der Waals surface area contributed by atoms with Gasteiger partial charge in [-0.1, -0.05) is 25.4 Å². The first-order chi connectivity index (χ1) is 11.5.